The van der Waals surface area contributed by atoms with E-state index in [1.165, 1.54) is 0 Å². The molecule has 0 saturated carbocycles. The molecule has 44 heavy (non-hydrogen) atoms. The summed E-state index contributed by atoms with van der Waals surface area (Å²) in [4.78, 5) is 61.4. The maximum absolute atomic E-state index is 13.4. The van der Waals surface area contributed by atoms with E-state index in [1.54, 1.807) is 0 Å². The number of carbonyl (C=O) groups is 4. The normalized spacial score (nSPS) is 13.1. The fourth-order valence-electron chi connectivity index (χ4n) is 3.90. The van der Waals surface area contributed by atoms with Gasteiger partial charge in [-0.3, -0.25) is 29.8 Å². The fourth-order valence-corrected chi connectivity index (χ4v) is 3.90. The number of hydrogen-bond donors (Lipinski definition) is 11. The van der Waals surface area contributed by atoms with Gasteiger partial charge in [-0.05, 0) is 76.0 Å². The van der Waals surface area contributed by atoms with E-state index in [0.717, 1.165) is 0 Å². The topological polar surface area (TPSA) is 366 Å². The molecule has 20 nitrogen and oxygen atoms in total. The summed E-state index contributed by atoms with van der Waals surface area (Å²) in [5, 5.41) is 20.6. The van der Waals surface area contributed by atoms with Crippen molar-refractivity contribution in [1.82, 2.24) is 21.4 Å². The highest BCUT2D eigenvalue weighted by Crippen LogP contribution is 2.08. The van der Waals surface area contributed by atoms with Crippen LogP contribution in [0, 0.1) is 0 Å². The molecule has 0 unspecified atom stereocenters. The molecule has 0 fully saturated rings. The molecule has 0 aromatic rings. The lowest BCUT2D eigenvalue weighted by Gasteiger charge is -2.25. The monoisotopic (exact) mass is 627 g/mol. The Labute approximate surface area is 256 Å². The molecule has 0 aliphatic carbocycles. The van der Waals surface area contributed by atoms with Crippen LogP contribution in [-0.4, -0.2) is 91.1 Å². The van der Waals surface area contributed by atoms with Crippen LogP contribution in [0.25, 0.3) is 10.4 Å². The zero-order chi connectivity index (χ0) is 33.3. The van der Waals surface area contributed by atoms with Crippen LogP contribution in [-0.2, 0) is 19.2 Å². The molecule has 0 saturated heterocycles. The Bertz CT molecular complexity index is 994. The van der Waals surface area contributed by atoms with Gasteiger partial charge in [0.1, 0.15) is 18.1 Å². The summed E-state index contributed by atoms with van der Waals surface area (Å²) in [5.41, 5.74) is 43.7. The molecule has 0 aromatic heterocycles. The minimum Gasteiger partial charge on any atom is -0.480 e. The van der Waals surface area contributed by atoms with E-state index in [1.807, 2.05) is 0 Å². The molecule has 0 bridgehead atoms. The molecule has 3 amide bonds. The number of carboxylic acid groups (broad SMARTS) is 1. The summed E-state index contributed by atoms with van der Waals surface area (Å²) in [6.45, 7) is 1.14. The van der Waals surface area contributed by atoms with Crippen LogP contribution in [0.15, 0.2) is 15.2 Å². The SMILES string of the molecule is [N-]=[N+]=NNCCCC[C@H](NC(=O)[C@H](CCCN=C(N)N)NC(=O)[C@H](CCCCN)NC(=O)[C@@H](N)CCCN=C(N)N)C(=O)O. The Morgan fingerprint density at radius 1 is 0.705 bits per heavy atom. The van der Waals surface area contributed by atoms with E-state index in [2.05, 4.69) is 41.5 Å². The Kier molecular flexibility index (Phi) is 21.5. The number of amides is 3. The van der Waals surface area contributed by atoms with Gasteiger partial charge in [-0.1, -0.05) is 0 Å². The lowest BCUT2D eigenvalue weighted by molar-refractivity contribution is -0.142. The number of aliphatic imine (C=N–C) groups is 2. The molecule has 20 heteroatoms. The second-order valence-electron chi connectivity index (χ2n) is 9.90. The predicted octanol–water partition coefficient (Wildman–Crippen LogP) is -2.93. The zero-order valence-electron chi connectivity index (χ0n) is 25.0. The number of carbonyl (C=O) groups excluding carboxylic acids is 3. The smallest absolute Gasteiger partial charge is 0.326 e. The minimum atomic E-state index is -1.26. The molecule has 4 atom stereocenters. The number of guanidine groups is 2. The van der Waals surface area contributed by atoms with Crippen LogP contribution in [0.4, 0.5) is 0 Å². The van der Waals surface area contributed by atoms with Crippen molar-refractivity contribution in [2.24, 2.45) is 49.6 Å². The Balaban J connectivity index is 5.59. The second-order valence-corrected chi connectivity index (χ2v) is 9.90. The largest absolute Gasteiger partial charge is 0.480 e. The van der Waals surface area contributed by atoms with Gasteiger partial charge in [-0.15, -0.1) is 5.53 Å². The van der Waals surface area contributed by atoms with Crippen LogP contribution < -0.4 is 55.8 Å². The Morgan fingerprint density at radius 2 is 1.18 bits per heavy atom. The number of carboxylic acids is 1. The van der Waals surface area contributed by atoms with Crippen molar-refractivity contribution in [3.05, 3.63) is 10.4 Å². The zero-order valence-corrected chi connectivity index (χ0v) is 25.0. The Morgan fingerprint density at radius 3 is 1.70 bits per heavy atom. The van der Waals surface area contributed by atoms with E-state index in [4.69, 9.17) is 39.9 Å². The number of rotatable bonds is 25. The van der Waals surface area contributed by atoms with E-state index in [-0.39, 0.29) is 57.1 Å². The van der Waals surface area contributed by atoms with Gasteiger partial charge in [0.25, 0.3) is 0 Å². The summed E-state index contributed by atoms with van der Waals surface area (Å²) >= 11 is 0. The van der Waals surface area contributed by atoms with Crippen molar-refractivity contribution in [3.8, 4) is 0 Å². The minimum absolute atomic E-state index is 0.0740. The van der Waals surface area contributed by atoms with Gasteiger partial charge in [-0.25, -0.2) is 4.79 Å². The van der Waals surface area contributed by atoms with Gasteiger partial charge in [0.15, 0.2) is 11.9 Å². The maximum atomic E-state index is 13.4. The van der Waals surface area contributed by atoms with Crippen molar-refractivity contribution >= 4 is 35.6 Å². The first-order valence-corrected chi connectivity index (χ1v) is 14.4. The number of azide groups is 1. The van der Waals surface area contributed by atoms with Gasteiger partial charge >= 0.3 is 5.97 Å². The summed E-state index contributed by atoms with van der Waals surface area (Å²) in [6, 6.07) is -4.38. The molecule has 0 aliphatic rings. The molecule has 0 aliphatic heterocycles. The summed E-state index contributed by atoms with van der Waals surface area (Å²) < 4.78 is 0. The molecule has 0 heterocycles. The van der Waals surface area contributed by atoms with Gasteiger partial charge in [0.05, 0.1) is 12.6 Å². The van der Waals surface area contributed by atoms with E-state index >= 15 is 0 Å². The lowest BCUT2D eigenvalue weighted by atomic mass is 10.0. The van der Waals surface area contributed by atoms with Crippen molar-refractivity contribution in [1.29, 1.82) is 0 Å². The second kappa shape index (κ2) is 24.0. The summed E-state index contributed by atoms with van der Waals surface area (Å²) in [5.74, 6) is -3.43. The van der Waals surface area contributed by atoms with Crippen molar-refractivity contribution in [2.45, 2.75) is 88.4 Å². The average molecular weight is 628 g/mol. The van der Waals surface area contributed by atoms with Gasteiger partial charge in [0.2, 0.25) is 17.7 Å². The van der Waals surface area contributed by atoms with Crippen LogP contribution in [0.5, 0.6) is 0 Å². The molecule has 0 aromatic carbocycles. The average Bonchev–Trinajstić information content (AvgIpc) is 2.96. The summed E-state index contributed by atoms with van der Waals surface area (Å²) in [6.07, 6.45) is 3.33. The number of aliphatic carboxylic acids is 1. The van der Waals surface area contributed by atoms with E-state index < -0.39 is 47.9 Å². The predicted molar refractivity (Wildman–Crippen MR) is 165 cm³/mol. The molecular formula is C24H49N15O5. The molecule has 0 rings (SSSR count). The number of nitrogens with two attached hydrogens (primary N) is 6. The quantitative estimate of drug-likeness (QED) is 0.00921. The molecule has 0 radical (unpaired) electrons. The third kappa shape index (κ3) is 19.5. The first-order valence-electron chi connectivity index (χ1n) is 14.4. The number of unbranched alkanes of at least 4 members (excludes halogenated alkanes) is 2. The highest BCUT2D eigenvalue weighted by atomic mass is 16.4. The van der Waals surface area contributed by atoms with Crippen molar-refractivity contribution < 1.29 is 24.3 Å². The first kappa shape index (κ1) is 39.5. The molecule has 250 valence electrons. The van der Waals surface area contributed by atoms with Crippen LogP contribution in [0.2, 0.25) is 0 Å². The van der Waals surface area contributed by atoms with Crippen LogP contribution in [0.3, 0.4) is 0 Å². The highest BCUT2D eigenvalue weighted by molar-refractivity contribution is 5.94. The lowest BCUT2D eigenvalue weighted by Crippen LogP contribution is -2.57. The van der Waals surface area contributed by atoms with E-state index in [9.17, 15) is 24.3 Å². The van der Waals surface area contributed by atoms with Gasteiger partial charge in [-0.2, -0.15) is 4.91 Å². The number of hydrogen-bond acceptors (Lipinski definition) is 9. The van der Waals surface area contributed by atoms with Crippen molar-refractivity contribution in [2.75, 3.05) is 26.2 Å². The summed E-state index contributed by atoms with van der Waals surface area (Å²) in [7, 11) is 0. The van der Waals surface area contributed by atoms with Gasteiger partial charge < -0.3 is 55.5 Å². The third-order valence-corrected chi connectivity index (χ3v) is 6.22. The van der Waals surface area contributed by atoms with E-state index in [0.29, 0.717) is 45.2 Å². The maximum Gasteiger partial charge on any atom is 0.326 e. The Hall–Kier alpha value is -4.55. The number of nitrogens with zero attached hydrogens (tertiary/aromatic N) is 5. The van der Waals surface area contributed by atoms with Crippen LogP contribution in [0.1, 0.15) is 64.2 Å². The third-order valence-electron chi connectivity index (χ3n) is 6.22. The standard InChI is InChI=1S/C24H49N15O5/c25-11-3-1-8-16(35-19(40)15(26)7-5-12-32-23(27)28)20(41)36-17(10-6-13-33-24(29)30)21(42)37-18(22(43)44)9-2-4-14-34-39-38-31/h15-18,34H,1-14,25-26H2,(H,35,40)(H,36,41)(H,37,42)(H,43,44)(H4,27,28,32)(H4,29,30,33)/t15-,16-,17-,18-/m0/s1. The first-order chi connectivity index (χ1) is 20.9. The van der Waals surface area contributed by atoms with Gasteiger partial charge in [0, 0.05) is 13.1 Å². The molecule has 0 spiro atoms. The molecule has 17 N–H and O–H groups in total. The highest BCUT2D eigenvalue weighted by Gasteiger charge is 2.30. The number of nitrogens with one attached hydrogen (secondary N) is 4. The fraction of sp³-hybridized carbons (Fsp3) is 0.750. The van der Waals surface area contributed by atoms with Crippen molar-refractivity contribution in [3.63, 3.8) is 0 Å². The molecular weight excluding hydrogens is 578 g/mol. The van der Waals surface area contributed by atoms with Crippen LogP contribution >= 0.6 is 0 Å².